The Morgan fingerprint density at radius 3 is 2.85 bits per heavy atom. The predicted molar refractivity (Wildman–Crippen MR) is 51.9 cm³/mol. The van der Waals surface area contributed by atoms with E-state index < -0.39 is 5.38 Å². The molecule has 0 aliphatic carbocycles. The Morgan fingerprint density at radius 1 is 1.54 bits per heavy atom. The number of halogens is 1. The van der Waals surface area contributed by atoms with E-state index in [9.17, 15) is 0 Å². The van der Waals surface area contributed by atoms with E-state index in [1.54, 1.807) is 0 Å². The highest BCUT2D eigenvalue weighted by Crippen LogP contribution is 2.16. The molecule has 1 atom stereocenters. The second-order valence-electron chi connectivity index (χ2n) is 2.67. The number of ether oxygens (including phenoxy) is 1. The van der Waals surface area contributed by atoms with Crippen LogP contribution in [0.5, 0.6) is 5.75 Å². The summed E-state index contributed by atoms with van der Waals surface area (Å²) in [6, 6.07) is 9.52. The Balaban J connectivity index is 2.56. The minimum absolute atomic E-state index is 0.225. The molecule has 1 rings (SSSR count). The zero-order chi connectivity index (χ0) is 9.68. The van der Waals surface area contributed by atoms with Gasteiger partial charge in [0.25, 0.3) is 0 Å². The van der Waals surface area contributed by atoms with Crippen molar-refractivity contribution >= 4 is 11.6 Å². The van der Waals surface area contributed by atoms with Crippen molar-refractivity contribution in [2.45, 2.75) is 12.3 Å². The standard InChI is InChI=1S/C10H10ClNO/c1-8-4-2-3-5-10(8)13-7-9(11)6-12/h2-5,9H,7H2,1H3. The lowest BCUT2D eigenvalue weighted by molar-refractivity contribution is 0.327. The smallest absolute Gasteiger partial charge is 0.154 e. The maximum atomic E-state index is 8.42. The molecule has 2 nitrogen and oxygen atoms in total. The van der Waals surface area contributed by atoms with Gasteiger partial charge in [0.15, 0.2) is 5.38 Å². The van der Waals surface area contributed by atoms with Gasteiger partial charge in [0.05, 0.1) is 6.07 Å². The number of benzene rings is 1. The van der Waals surface area contributed by atoms with Gasteiger partial charge in [-0.05, 0) is 18.6 Å². The number of alkyl halides is 1. The summed E-state index contributed by atoms with van der Waals surface area (Å²) in [5.74, 6) is 0.781. The molecule has 3 heteroatoms. The van der Waals surface area contributed by atoms with Gasteiger partial charge in [0.1, 0.15) is 12.4 Å². The highest BCUT2D eigenvalue weighted by molar-refractivity contribution is 6.22. The molecule has 0 N–H and O–H groups in total. The average molecular weight is 196 g/mol. The van der Waals surface area contributed by atoms with Crippen molar-refractivity contribution in [3.8, 4) is 11.8 Å². The van der Waals surface area contributed by atoms with E-state index >= 15 is 0 Å². The lowest BCUT2D eigenvalue weighted by Crippen LogP contribution is -2.09. The van der Waals surface area contributed by atoms with Gasteiger partial charge in [0, 0.05) is 0 Å². The molecule has 0 bridgehead atoms. The van der Waals surface area contributed by atoms with Crippen LogP contribution in [0.1, 0.15) is 5.56 Å². The van der Waals surface area contributed by atoms with Crippen LogP contribution in [0.3, 0.4) is 0 Å². The van der Waals surface area contributed by atoms with Gasteiger partial charge in [-0.25, -0.2) is 0 Å². The van der Waals surface area contributed by atoms with Gasteiger partial charge in [-0.2, -0.15) is 5.26 Å². The van der Waals surface area contributed by atoms with E-state index in [0.717, 1.165) is 11.3 Å². The van der Waals surface area contributed by atoms with Gasteiger partial charge in [0.2, 0.25) is 0 Å². The summed E-state index contributed by atoms with van der Waals surface area (Å²) in [5.41, 5.74) is 1.05. The summed E-state index contributed by atoms with van der Waals surface area (Å²) in [6.45, 7) is 2.17. The zero-order valence-corrected chi connectivity index (χ0v) is 8.08. The Bertz CT molecular complexity index is 319. The van der Waals surface area contributed by atoms with Crippen molar-refractivity contribution in [2.24, 2.45) is 0 Å². The number of nitrogens with zero attached hydrogens (tertiary/aromatic N) is 1. The number of para-hydroxylation sites is 1. The molecule has 0 aromatic heterocycles. The second kappa shape index (κ2) is 4.74. The van der Waals surface area contributed by atoms with Crippen LogP contribution >= 0.6 is 11.6 Å². The van der Waals surface area contributed by atoms with E-state index in [4.69, 9.17) is 21.6 Å². The first-order valence-corrected chi connectivity index (χ1v) is 4.40. The number of aryl methyl sites for hydroxylation is 1. The Kier molecular flexibility index (Phi) is 3.60. The van der Waals surface area contributed by atoms with Gasteiger partial charge in [-0.1, -0.05) is 18.2 Å². The summed E-state index contributed by atoms with van der Waals surface area (Å²) >= 11 is 5.58. The molecule has 0 saturated carbocycles. The first-order chi connectivity index (χ1) is 6.24. The van der Waals surface area contributed by atoms with Gasteiger partial charge >= 0.3 is 0 Å². The largest absolute Gasteiger partial charge is 0.491 e. The van der Waals surface area contributed by atoms with Crippen molar-refractivity contribution in [1.82, 2.24) is 0 Å². The van der Waals surface area contributed by atoms with Gasteiger partial charge in [-0.3, -0.25) is 0 Å². The Morgan fingerprint density at radius 2 is 2.23 bits per heavy atom. The van der Waals surface area contributed by atoms with E-state index in [0.29, 0.717) is 0 Å². The molecule has 0 heterocycles. The molecule has 1 unspecified atom stereocenters. The number of hydrogen-bond donors (Lipinski definition) is 0. The van der Waals surface area contributed by atoms with Crippen LogP contribution in [0.25, 0.3) is 0 Å². The molecule has 13 heavy (non-hydrogen) atoms. The molecular weight excluding hydrogens is 186 g/mol. The lowest BCUT2D eigenvalue weighted by Gasteiger charge is -2.08. The topological polar surface area (TPSA) is 33.0 Å². The van der Waals surface area contributed by atoms with Crippen LogP contribution in [0.4, 0.5) is 0 Å². The fourth-order valence-corrected chi connectivity index (χ4v) is 0.982. The SMILES string of the molecule is Cc1ccccc1OCC(Cl)C#N. The fourth-order valence-electron chi connectivity index (χ4n) is 0.919. The molecule has 0 radical (unpaired) electrons. The molecule has 0 spiro atoms. The van der Waals surface area contributed by atoms with Gasteiger partial charge < -0.3 is 4.74 Å². The molecule has 1 aromatic rings. The van der Waals surface area contributed by atoms with E-state index in [1.165, 1.54) is 0 Å². The zero-order valence-electron chi connectivity index (χ0n) is 7.33. The summed E-state index contributed by atoms with van der Waals surface area (Å²) in [5, 5.41) is 7.84. The number of hydrogen-bond acceptors (Lipinski definition) is 2. The van der Waals surface area contributed by atoms with E-state index in [1.807, 2.05) is 37.3 Å². The van der Waals surface area contributed by atoms with Crippen LogP contribution in [0.15, 0.2) is 24.3 Å². The molecule has 0 amide bonds. The average Bonchev–Trinajstić information content (AvgIpc) is 2.16. The van der Waals surface area contributed by atoms with Crippen molar-refractivity contribution < 1.29 is 4.74 Å². The normalized spacial score (nSPS) is 11.8. The Labute approximate surface area is 82.7 Å². The number of nitriles is 1. The van der Waals surface area contributed by atoms with Crippen LogP contribution in [0.2, 0.25) is 0 Å². The molecule has 68 valence electrons. The molecular formula is C10H10ClNO. The maximum Gasteiger partial charge on any atom is 0.154 e. The quantitative estimate of drug-likeness (QED) is 0.695. The minimum Gasteiger partial charge on any atom is -0.491 e. The summed E-state index contributed by atoms with van der Waals surface area (Å²) < 4.78 is 5.34. The third-order valence-corrected chi connectivity index (χ3v) is 1.84. The Hall–Kier alpha value is -1.20. The predicted octanol–water partition coefficient (Wildman–Crippen LogP) is 2.50. The summed E-state index contributed by atoms with van der Waals surface area (Å²) in [4.78, 5) is 0. The molecule has 0 aliphatic heterocycles. The van der Waals surface area contributed by atoms with Crippen molar-refractivity contribution in [3.63, 3.8) is 0 Å². The van der Waals surface area contributed by atoms with Crippen molar-refractivity contribution in [3.05, 3.63) is 29.8 Å². The fraction of sp³-hybridized carbons (Fsp3) is 0.300. The summed E-state index contributed by atoms with van der Waals surface area (Å²) in [7, 11) is 0. The van der Waals surface area contributed by atoms with Gasteiger partial charge in [-0.15, -0.1) is 11.6 Å². The third kappa shape index (κ3) is 2.96. The molecule has 1 aromatic carbocycles. The van der Waals surface area contributed by atoms with Crippen LogP contribution in [0, 0.1) is 18.3 Å². The van der Waals surface area contributed by atoms with Crippen molar-refractivity contribution in [2.75, 3.05) is 6.61 Å². The minimum atomic E-state index is -0.584. The van der Waals surface area contributed by atoms with Crippen LogP contribution < -0.4 is 4.74 Å². The maximum absolute atomic E-state index is 8.42. The second-order valence-corrected chi connectivity index (χ2v) is 3.20. The molecule has 0 fully saturated rings. The van der Waals surface area contributed by atoms with E-state index in [-0.39, 0.29) is 6.61 Å². The highest BCUT2D eigenvalue weighted by Gasteiger charge is 2.03. The molecule has 0 saturated heterocycles. The van der Waals surface area contributed by atoms with E-state index in [2.05, 4.69) is 0 Å². The first-order valence-electron chi connectivity index (χ1n) is 3.96. The third-order valence-electron chi connectivity index (χ3n) is 1.62. The highest BCUT2D eigenvalue weighted by atomic mass is 35.5. The lowest BCUT2D eigenvalue weighted by atomic mass is 10.2. The molecule has 0 aliphatic rings. The number of rotatable bonds is 3. The van der Waals surface area contributed by atoms with Crippen LogP contribution in [-0.4, -0.2) is 12.0 Å². The van der Waals surface area contributed by atoms with Crippen molar-refractivity contribution in [1.29, 1.82) is 5.26 Å². The van der Waals surface area contributed by atoms with Crippen LogP contribution in [-0.2, 0) is 0 Å². The summed E-state index contributed by atoms with van der Waals surface area (Å²) in [6.07, 6.45) is 0. The monoisotopic (exact) mass is 195 g/mol. The first kappa shape index (κ1) is 9.88.